The van der Waals surface area contributed by atoms with Gasteiger partial charge in [0.15, 0.2) is 0 Å². The largest absolute Gasteiger partial charge is 0.497 e. The van der Waals surface area contributed by atoms with Crippen molar-refractivity contribution < 1.29 is 4.74 Å². The molecule has 0 radical (unpaired) electrons. The third kappa shape index (κ3) is 3.05. The zero-order valence-electron chi connectivity index (χ0n) is 11.8. The Morgan fingerprint density at radius 2 is 2.00 bits per heavy atom. The molecule has 1 aromatic carbocycles. The van der Waals surface area contributed by atoms with Crippen LogP contribution in [0.3, 0.4) is 0 Å². The van der Waals surface area contributed by atoms with E-state index >= 15 is 0 Å². The van der Waals surface area contributed by atoms with Crippen LogP contribution in [-0.4, -0.2) is 13.2 Å². The summed E-state index contributed by atoms with van der Waals surface area (Å²) < 4.78 is 5.21. The van der Waals surface area contributed by atoms with Gasteiger partial charge in [-0.3, -0.25) is 0 Å². The van der Waals surface area contributed by atoms with Crippen molar-refractivity contribution in [3.05, 3.63) is 29.8 Å². The third-order valence-corrected chi connectivity index (χ3v) is 4.20. The number of methoxy groups -OCH3 is 1. The van der Waals surface area contributed by atoms with Gasteiger partial charge in [0.2, 0.25) is 0 Å². The fraction of sp³-hybridized carbons (Fsp3) is 0.625. The molecule has 2 rings (SSSR count). The minimum atomic E-state index is 0.474. The lowest BCUT2D eigenvalue weighted by atomic mass is 10.00. The molecule has 0 spiro atoms. The summed E-state index contributed by atoms with van der Waals surface area (Å²) in [6, 6.07) is 9.63. The van der Waals surface area contributed by atoms with Gasteiger partial charge in [-0.15, -0.1) is 0 Å². The van der Waals surface area contributed by atoms with Gasteiger partial charge in [-0.05, 0) is 42.9 Å². The zero-order chi connectivity index (χ0) is 13.0. The predicted molar refractivity (Wildman–Crippen MR) is 76.0 cm³/mol. The molecule has 0 saturated heterocycles. The summed E-state index contributed by atoms with van der Waals surface area (Å²) >= 11 is 0. The molecule has 2 nitrogen and oxygen atoms in total. The monoisotopic (exact) mass is 247 g/mol. The predicted octanol–water partition coefficient (Wildman–Crippen LogP) is 3.92. The highest BCUT2D eigenvalue weighted by Crippen LogP contribution is 2.28. The van der Waals surface area contributed by atoms with Gasteiger partial charge in [0.05, 0.1) is 7.11 Å². The Kier molecular flexibility index (Phi) is 4.65. The molecule has 0 aliphatic heterocycles. The van der Waals surface area contributed by atoms with Crippen LogP contribution in [0.1, 0.15) is 51.1 Å². The molecule has 1 aromatic rings. The average Bonchev–Trinajstić information content (AvgIpc) is 2.81. The number of nitrogens with one attached hydrogen (secondary N) is 1. The van der Waals surface area contributed by atoms with E-state index in [1.54, 1.807) is 7.11 Å². The Balaban J connectivity index is 2.02. The van der Waals surface area contributed by atoms with E-state index in [1.165, 1.54) is 24.8 Å². The standard InChI is InChI=1S/C16H25NO/c1-4-15(17-16-7-5-6-12(16)2)13-8-10-14(18-3)11-9-13/h8-12,15-17H,4-7H2,1-3H3. The summed E-state index contributed by atoms with van der Waals surface area (Å²) in [5.41, 5.74) is 1.37. The quantitative estimate of drug-likeness (QED) is 0.851. The van der Waals surface area contributed by atoms with E-state index < -0.39 is 0 Å². The van der Waals surface area contributed by atoms with Crippen molar-refractivity contribution in [3.63, 3.8) is 0 Å². The fourth-order valence-electron chi connectivity index (χ4n) is 2.94. The van der Waals surface area contributed by atoms with Crippen LogP contribution in [0.15, 0.2) is 24.3 Å². The van der Waals surface area contributed by atoms with Crippen LogP contribution in [0.2, 0.25) is 0 Å². The van der Waals surface area contributed by atoms with Crippen LogP contribution in [0.5, 0.6) is 5.75 Å². The van der Waals surface area contributed by atoms with E-state index in [0.29, 0.717) is 12.1 Å². The number of ether oxygens (including phenoxy) is 1. The Morgan fingerprint density at radius 1 is 1.28 bits per heavy atom. The number of benzene rings is 1. The summed E-state index contributed by atoms with van der Waals surface area (Å²) in [6.45, 7) is 4.62. The van der Waals surface area contributed by atoms with Crippen molar-refractivity contribution >= 4 is 0 Å². The summed E-state index contributed by atoms with van der Waals surface area (Å²) in [4.78, 5) is 0. The molecule has 1 fully saturated rings. The number of hydrogen-bond donors (Lipinski definition) is 1. The van der Waals surface area contributed by atoms with Crippen LogP contribution in [0.4, 0.5) is 0 Å². The van der Waals surface area contributed by atoms with E-state index in [4.69, 9.17) is 4.74 Å². The van der Waals surface area contributed by atoms with Gasteiger partial charge in [0.1, 0.15) is 5.75 Å². The lowest BCUT2D eigenvalue weighted by Crippen LogP contribution is -2.34. The number of hydrogen-bond acceptors (Lipinski definition) is 2. The molecule has 1 N–H and O–H groups in total. The van der Waals surface area contributed by atoms with Crippen LogP contribution in [0.25, 0.3) is 0 Å². The highest BCUT2D eigenvalue weighted by molar-refractivity contribution is 5.29. The first kappa shape index (κ1) is 13.4. The molecule has 3 atom stereocenters. The summed E-state index contributed by atoms with van der Waals surface area (Å²) in [6.07, 6.45) is 5.21. The molecule has 0 amide bonds. The lowest BCUT2D eigenvalue weighted by Gasteiger charge is -2.25. The van der Waals surface area contributed by atoms with E-state index in [1.807, 2.05) is 0 Å². The number of rotatable bonds is 5. The van der Waals surface area contributed by atoms with E-state index in [0.717, 1.165) is 18.1 Å². The van der Waals surface area contributed by atoms with Crippen LogP contribution >= 0.6 is 0 Å². The van der Waals surface area contributed by atoms with Crippen LogP contribution in [-0.2, 0) is 0 Å². The molecule has 0 bridgehead atoms. The lowest BCUT2D eigenvalue weighted by molar-refractivity contribution is 0.369. The van der Waals surface area contributed by atoms with Gasteiger partial charge in [-0.1, -0.05) is 32.4 Å². The summed E-state index contributed by atoms with van der Waals surface area (Å²) in [5.74, 6) is 1.75. The third-order valence-electron chi connectivity index (χ3n) is 4.20. The van der Waals surface area contributed by atoms with Crippen molar-refractivity contribution in [2.45, 2.75) is 51.6 Å². The first-order chi connectivity index (χ1) is 8.74. The second-order valence-corrected chi connectivity index (χ2v) is 5.42. The van der Waals surface area contributed by atoms with E-state index in [9.17, 15) is 0 Å². The van der Waals surface area contributed by atoms with Crippen LogP contribution in [0, 0.1) is 5.92 Å². The first-order valence-electron chi connectivity index (χ1n) is 7.14. The molecule has 1 aliphatic rings. The highest BCUT2D eigenvalue weighted by atomic mass is 16.5. The van der Waals surface area contributed by atoms with Crippen molar-refractivity contribution in [2.75, 3.05) is 7.11 Å². The molecule has 100 valence electrons. The summed E-state index contributed by atoms with van der Waals surface area (Å²) in [5, 5.41) is 3.83. The second-order valence-electron chi connectivity index (χ2n) is 5.42. The van der Waals surface area contributed by atoms with E-state index in [-0.39, 0.29) is 0 Å². The van der Waals surface area contributed by atoms with Crippen molar-refractivity contribution in [3.8, 4) is 5.75 Å². The normalized spacial score (nSPS) is 25.1. The van der Waals surface area contributed by atoms with Gasteiger partial charge in [0.25, 0.3) is 0 Å². The first-order valence-corrected chi connectivity index (χ1v) is 7.14. The zero-order valence-corrected chi connectivity index (χ0v) is 11.8. The van der Waals surface area contributed by atoms with Gasteiger partial charge in [-0.2, -0.15) is 0 Å². The molecule has 3 unspecified atom stereocenters. The molecule has 18 heavy (non-hydrogen) atoms. The maximum Gasteiger partial charge on any atom is 0.118 e. The SMILES string of the molecule is CCC(NC1CCCC1C)c1ccc(OC)cc1. The van der Waals surface area contributed by atoms with Crippen LogP contribution < -0.4 is 10.1 Å². The van der Waals surface area contributed by atoms with Crippen molar-refractivity contribution in [1.82, 2.24) is 5.32 Å². The molecule has 1 saturated carbocycles. The molecule has 0 aromatic heterocycles. The molecule has 0 heterocycles. The van der Waals surface area contributed by atoms with E-state index in [2.05, 4.69) is 43.4 Å². The Morgan fingerprint density at radius 3 is 2.50 bits per heavy atom. The van der Waals surface area contributed by atoms with Crippen molar-refractivity contribution in [2.24, 2.45) is 5.92 Å². The maximum atomic E-state index is 5.21. The Hall–Kier alpha value is -1.02. The smallest absolute Gasteiger partial charge is 0.118 e. The van der Waals surface area contributed by atoms with Gasteiger partial charge in [0, 0.05) is 12.1 Å². The molecular formula is C16H25NO. The minimum Gasteiger partial charge on any atom is -0.497 e. The van der Waals surface area contributed by atoms with Crippen molar-refractivity contribution in [1.29, 1.82) is 0 Å². The molecule has 1 aliphatic carbocycles. The molecular weight excluding hydrogens is 222 g/mol. The van der Waals surface area contributed by atoms with Gasteiger partial charge < -0.3 is 10.1 Å². The molecule has 2 heteroatoms. The van der Waals surface area contributed by atoms with Gasteiger partial charge >= 0.3 is 0 Å². The average molecular weight is 247 g/mol. The fourth-order valence-corrected chi connectivity index (χ4v) is 2.94. The van der Waals surface area contributed by atoms with Gasteiger partial charge in [-0.25, -0.2) is 0 Å². The maximum absolute atomic E-state index is 5.21. The Bertz CT molecular complexity index is 360. The Labute approximate surface area is 111 Å². The highest BCUT2D eigenvalue weighted by Gasteiger charge is 2.25. The topological polar surface area (TPSA) is 21.3 Å². The second kappa shape index (κ2) is 6.24. The summed E-state index contributed by atoms with van der Waals surface area (Å²) in [7, 11) is 1.71. The minimum absolute atomic E-state index is 0.474.